The van der Waals surface area contributed by atoms with E-state index in [1.54, 1.807) is 6.08 Å². The lowest BCUT2D eigenvalue weighted by Crippen LogP contribution is -2.53. The molecule has 0 N–H and O–H groups in total. The largest absolute Gasteiger partial charge is 0.409 e. The zero-order valence-electron chi connectivity index (χ0n) is 19.9. The van der Waals surface area contributed by atoms with E-state index >= 15 is 0 Å². The summed E-state index contributed by atoms with van der Waals surface area (Å²) in [7, 11) is -4.23. The van der Waals surface area contributed by atoms with Gasteiger partial charge in [0.25, 0.3) is 5.91 Å². The van der Waals surface area contributed by atoms with Crippen molar-refractivity contribution in [3.63, 3.8) is 0 Å². The molecule has 1 aliphatic rings. The average Bonchev–Trinajstić information content (AvgIpc) is 2.71. The summed E-state index contributed by atoms with van der Waals surface area (Å²) in [6, 6.07) is -0.0631. The fourth-order valence-electron chi connectivity index (χ4n) is 2.91. The first-order valence-electron chi connectivity index (χ1n) is 10.4. The monoisotopic (exact) mass is 425 g/mol. The summed E-state index contributed by atoms with van der Waals surface area (Å²) in [6.45, 7) is 30.4. The highest BCUT2D eigenvalue weighted by atomic mass is 28.4. The lowest BCUT2D eigenvalue weighted by atomic mass is 10.1. The van der Waals surface area contributed by atoms with Gasteiger partial charge in [-0.05, 0) is 42.7 Å². The summed E-state index contributed by atoms with van der Waals surface area (Å²) >= 11 is 0. The van der Waals surface area contributed by atoms with Crippen molar-refractivity contribution in [2.75, 3.05) is 6.54 Å². The van der Waals surface area contributed by atoms with Gasteiger partial charge in [0.1, 0.15) is 0 Å². The Bertz CT molecular complexity index is 588. The summed E-state index contributed by atoms with van der Waals surface area (Å²) in [4.78, 5) is 15.3. The van der Waals surface area contributed by atoms with Crippen molar-refractivity contribution in [1.29, 1.82) is 0 Å². The minimum atomic E-state index is -2.14. The number of hydrogen-bond acceptors (Lipinski definition) is 3. The van der Waals surface area contributed by atoms with E-state index in [9.17, 15) is 4.79 Å². The van der Waals surface area contributed by atoms with Gasteiger partial charge in [0.2, 0.25) is 0 Å². The SMILES string of the molecule is C=CCC1[C@H](O[Si](C)(C)C(C)(C)C)[C@@H](O[Si](C)(C)C(C)(C)C)C(=O)N1CC=C. The van der Waals surface area contributed by atoms with E-state index in [0.717, 1.165) is 0 Å². The Labute approximate surface area is 175 Å². The molecular weight excluding hydrogens is 382 g/mol. The fraction of sp³-hybridized carbons (Fsp3) is 0.773. The average molecular weight is 426 g/mol. The summed E-state index contributed by atoms with van der Waals surface area (Å²) < 4.78 is 13.5. The van der Waals surface area contributed by atoms with E-state index in [1.807, 2.05) is 11.0 Å². The third-order valence-corrected chi connectivity index (χ3v) is 15.7. The van der Waals surface area contributed by atoms with Crippen molar-refractivity contribution >= 4 is 22.5 Å². The molecule has 4 nitrogen and oxygen atoms in total. The zero-order valence-corrected chi connectivity index (χ0v) is 21.9. The van der Waals surface area contributed by atoms with Crippen LogP contribution in [0.1, 0.15) is 48.0 Å². The Morgan fingerprint density at radius 1 is 0.929 bits per heavy atom. The van der Waals surface area contributed by atoms with Gasteiger partial charge in [-0.3, -0.25) is 4.79 Å². The second kappa shape index (κ2) is 8.58. The first-order chi connectivity index (χ1) is 12.5. The molecule has 0 aromatic rings. The van der Waals surface area contributed by atoms with E-state index in [4.69, 9.17) is 8.85 Å². The highest BCUT2D eigenvalue weighted by Crippen LogP contribution is 2.43. The molecule has 1 fully saturated rings. The molecule has 1 aliphatic heterocycles. The molecule has 28 heavy (non-hydrogen) atoms. The van der Waals surface area contributed by atoms with Gasteiger partial charge >= 0.3 is 0 Å². The molecule has 0 bridgehead atoms. The number of carbonyl (C=O) groups is 1. The third-order valence-electron chi connectivity index (χ3n) is 6.80. The standard InChI is InChI=1S/C22H43NO3Si2/c1-13-15-17-18(25-27(9,10)21(3,4)5)19(20(24)23(17)16-14-2)26-28(11,12)22(6,7)8/h13-14,17-19H,1-2,15-16H2,3-12H3/t17?,18-,19+/m0/s1. The maximum Gasteiger partial charge on any atom is 0.253 e. The molecule has 1 unspecified atom stereocenters. The Morgan fingerprint density at radius 2 is 1.39 bits per heavy atom. The predicted octanol–water partition coefficient (Wildman–Crippen LogP) is 5.74. The maximum absolute atomic E-state index is 13.4. The van der Waals surface area contributed by atoms with E-state index in [2.05, 4.69) is 80.9 Å². The summed E-state index contributed by atoms with van der Waals surface area (Å²) in [6.07, 6.45) is 3.52. The predicted molar refractivity (Wildman–Crippen MR) is 125 cm³/mol. The Morgan fingerprint density at radius 3 is 1.79 bits per heavy atom. The first kappa shape index (κ1) is 25.3. The van der Waals surface area contributed by atoms with Crippen molar-refractivity contribution in [3.05, 3.63) is 25.3 Å². The van der Waals surface area contributed by atoms with Crippen LogP contribution in [0.15, 0.2) is 25.3 Å². The van der Waals surface area contributed by atoms with Crippen LogP contribution >= 0.6 is 0 Å². The Kier molecular flexibility index (Phi) is 7.77. The van der Waals surface area contributed by atoms with Gasteiger partial charge in [0.05, 0.1) is 12.1 Å². The molecule has 0 radical (unpaired) electrons. The number of rotatable bonds is 8. The number of carbonyl (C=O) groups excluding carboxylic acids is 1. The normalized spacial score (nSPS) is 24.6. The topological polar surface area (TPSA) is 38.8 Å². The number of likely N-dealkylation sites (tertiary alicyclic amines) is 1. The second-order valence-corrected chi connectivity index (χ2v) is 20.5. The molecule has 0 aromatic carbocycles. The lowest BCUT2D eigenvalue weighted by molar-refractivity contribution is -0.134. The molecule has 3 atom stereocenters. The van der Waals surface area contributed by atoms with Crippen LogP contribution in [0.2, 0.25) is 36.3 Å². The number of amides is 1. The number of nitrogens with zero attached hydrogens (tertiary/aromatic N) is 1. The van der Waals surface area contributed by atoms with Crippen LogP contribution in [0.5, 0.6) is 0 Å². The summed E-state index contributed by atoms with van der Waals surface area (Å²) in [5, 5.41) is 0.0801. The minimum absolute atomic E-state index is 0.0224. The van der Waals surface area contributed by atoms with Crippen LogP contribution in [-0.4, -0.2) is 52.2 Å². The van der Waals surface area contributed by atoms with Gasteiger partial charge in [-0.15, -0.1) is 13.2 Å². The first-order valence-corrected chi connectivity index (χ1v) is 16.2. The van der Waals surface area contributed by atoms with Crippen molar-refractivity contribution in [2.45, 2.75) is 102 Å². The third kappa shape index (κ3) is 5.26. The van der Waals surface area contributed by atoms with Gasteiger partial charge < -0.3 is 13.8 Å². The van der Waals surface area contributed by atoms with Crippen LogP contribution in [0.4, 0.5) is 0 Å². The second-order valence-electron chi connectivity index (χ2n) is 11.0. The molecule has 1 amide bonds. The van der Waals surface area contributed by atoms with Gasteiger partial charge in [-0.1, -0.05) is 53.7 Å². The van der Waals surface area contributed by atoms with Gasteiger partial charge in [-0.2, -0.15) is 0 Å². The zero-order chi connectivity index (χ0) is 22.1. The van der Waals surface area contributed by atoms with Crippen molar-refractivity contribution in [2.24, 2.45) is 0 Å². The maximum atomic E-state index is 13.4. The molecule has 0 spiro atoms. The van der Waals surface area contributed by atoms with E-state index in [1.165, 1.54) is 0 Å². The van der Waals surface area contributed by atoms with Gasteiger partial charge in [0, 0.05) is 6.54 Å². The van der Waals surface area contributed by atoms with Gasteiger partial charge in [-0.25, -0.2) is 0 Å². The Balaban J connectivity index is 3.39. The smallest absolute Gasteiger partial charge is 0.253 e. The Hall–Kier alpha value is -0.696. The molecule has 1 rings (SSSR count). The van der Waals surface area contributed by atoms with E-state index in [-0.39, 0.29) is 28.1 Å². The van der Waals surface area contributed by atoms with Crippen LogP contribution in [0, 0.1) is 0 Å². The van der Waals surface area contributed by atoms with Crippen LogP contribution in [0.25, 0.3) is 0 Å². The van der Waals surface area contributed by atoms with Gasteiger partial charge in [0.15, 0.2) is 22.7 Å². The van der Waals surface area contributed by atoms with Crippen molar-refractivity contribution < 1.29 is 13.6 Å². The molecular formula is C22H43NO3Si2. The molecule has 1 saturated heterocycles. The molecule has 0 saturated carbocycles. The number of hydrogen-bond donors (Lipinski definition) is 0. The molecule has 162 valence electrons. The van der Waals surface area contributed by atoms with Crippen LogP contribution in [-0.2, 0) is 13.6 Å². The molecule has 1 heterocycles. The lowest BCUT2D eigenvalue weighted by Gasteiger charge is -2.43. The fourth-order valence-corrected chi connectivity index (χ4v) is 5.45. The summed E-state index contributed by atoms with van der Waals surface area (Å²) in [5.41, 5.74) is 0. The van der Waals surface area contributed by atoms with Crippen LogP contribution in [0.3, 0.4) is 0 Å². The molecule has 0 aromatic heterocycles. The van der Waals surface area contributed by atoms with E-state index < -0.39 is 22.7 Å². The molecule has 6 heteroatoms. The quantitative estimate of drug-likeness (QED) is 0.367. The highest BCUT2D eigenvalue weighted by molar-refractivity contribution is 6.74. The molecule has 0 aliphatic carbocycles. The van der Waals surface area contributed by atoms with Crippen LogP contribution < -0.4 is 0 Å². The van der Waals surface area contributed by atoms with Crippen molar-refractivity contribution in [3.8, 4) is 0 Å². The minimum Gasteiger partial charge on any atom is -0.409 e. The summed E-state index contributed by atoms with van der Waals surface area (Å²) in [5.74, 6) is 0.0280. The van der Waals surface area contributed by atoms with E-state index in [0.29, 0.717) is 13.0 Å². The highest BCUT2D eigenvalue weighted by Gasteiger charge is 2.54. The van der Waals surface area contributed by atoms with Crippen molar-refractivity contribution in [1.82, 2.24) is 4.90 Å².